The molecule has 2 aromatic rings. The number of amides is 1. The third kappa shape index (κ3) is 3.06. The van der Waals surface area contributed by atoms with E-state index in [9.17, 15) is 4.79 Å². The molecule has 1 aromatic heterocycles. The molecule has 6 nitrogen and oxygen atoms in total. The molecule has 0 saturated heterocycles. The number of hydrogen-bond acceptors (Lipinski definition) is 5. The van der Waals surface area contributed by atoms with Crippen LogP contribution in [0.5, 0.6) is 5.75 Å². The van der Waals surface area contributed by atoms with Gasteiger partial charge in [0.05, 0.1) is 24.0 Å². The minimum Gasteiger partial charge on any atom is -0.497 e. The van der Waals surface area contributed by atoms with Crippen LogP contribution in [0.3, 0.4) is 0 Å². The van der Waals surface area contributed by atoms with Gasteiger partial charge >= 0.3 is 0 Å². The van der Waals surface area contributed by atoms with Gasteiger partial charge in [-0.25, -0.2) is 0 Å². The number of nitrogen functional groups attached to an aromatic ring is 1. The summed E-state index contributed by atoms with van der Waals surface area (Å²) in [7, 11) is 1.56. The zero-order valence-corrected chi connectivity index (χ0v) is 12.3. The second-order valence-corrected chi connectivity index (χ2v) is 4.72. The lowest BCUT2D eigenvalue weighted by Crippen LogP contribution is -2.17. The fourth-order valence-corrected chi connectivity index (χ4v) is 1.96. The Morgan fingerprint density at radius 3 is 2.85 bits per heavy atom. The Balaban J connectivity index is 2.27. The summed E-state index contributed by atoms with van der Waals surface area (Å²) in [6, 6.07) is 6.92. The minimum atomic E-state index is -0.319. The SMILES string of the molecule is COc1ccc(Br)c(NC(=O)c2cnccc2NN)c1. The molecule has 0 bridgehead atoms. The summed E-state index contributed by atoms with van der Waals surface area (Å²) in [6.07, 6.45) is 2.99. The maximum Gasteiger partial charge on any atom is 0.259 e. The van der Waals surface area contributed by atoms with Crippen LogP contribution >= 0.6 is 15.9 Å². The third-order valence-corrected chi connectivity index (χ3v) is 3.33. The topological polar surface area (TPSA) is 89.3 Å². The highest BCUT2D eigenvalue weighted by Gasteiger charge is 2.13. The van der Waals surface area contributed by atoms with E-state index in [-0.39, 0.29) is 5.91 Å². The molecule has 1 aromatic carbocycles. The first-order chi connectivity index (χ1) is 9.65. The lowest BCUT2D eigenvalue weighted by atomic mass is 10.2. The van der Waals surface area contributed by atoms with Crippen LogP contribution in [0.15, 0.2) is 41.1 Å². The van der Waals surface area contributed by atoms with Gasteiger partial charge in [-0.1, -0.05) is 0 Å². The summed E-state index contributed by atoms with van der Waals surface area (Å²) in [6.45, 7) is 0. The van der Waals surface area contributed by atoms with Crippen LogP contribution in [-0.4, -0.2) is 18.0 Å². The number of ether oxygens (including phenoxy) is 1. The van der Waals surface area contributed by atoms with Gasteiger partial charge in [-0.3, -0.25) is 15.6 Å². The van der Waals surface area contributed by atoms with E-state index in [1.165, 1.54) is 6.20 Å². The van der Waals surface area contributed by atoms with Crippen LogP contribution in [0.2, 0.25) is 0 Å². The van der Waals surface area contributed by atoms with Crippen molar-refractivity contribution in [1.29, 1.82) is 0 Å². The largest absolute Gasteiger partial charge is 0.497 e. The van der Waals surface area contributed by atoms with Crippen molar-refractivity contribution >= 4 is 33.2 Å². The van der Waals surface area contributed by atoms with Crippen LogP contribution in [0.4, 0.5) is 11.4 Å². The number of nitrogens with one attached hydrogen (secondary N) is 2. The number of benzene rings is 1. The summed E-state index contributed by atoms with van der Waals surface area (Å²) >= 11 is 3.37. The molecule has 0 aliphatic carbocycles. The van der Waals surface area contributed by atoms with Crippen molar-refractivity contribution in [1.82, 2.24) is 4.98 Å². The molecule has 0 aliphatic rings. The first-order valence-corrected chi connectivity index (χ1v) is 6.50. The Labute approximate surface area is 124 Å². The molecule has 1 heterocycles. The summed E-state index contributed by atoms with van der Waals surface area (Å²) in [5, 5.41) is 2.77. The molecule has 2 rings (SSSR count). The molecule has 0 aliphatic heterocycles. The van der Waals surface area contributed by atoms with Gasteiger partial charge in [0.1, 0.15) is 5.75 Å². The predicted molar refractivity (Wildman–Crippen MR) is 80.7 cm³/mol. The van der Waals surface area contributed by atoms with E-state index in [1.807, 2.05) is 0 Å². The average Bonchev–Trinajstić information content (AvgIpc) is 2.49. The van der Waals surface area contributed by atoms with Crippen LogP contribution in [0.25, 0.3) is 0 Å². The lowest BCUT2D eigenvalue weighted by Gasteiger charge is -2.11. The Bertz CT molecular complexity index is 634. The van der Waals surface area contributed by atoms with Gasteiger partial charge in [-0.15, -0.1) is 0 Å². The fraction of sp³-hybridized carbons (Fsp3) is 0.0769. The van der Waals surface area contributed by atoms with Crippen molar-refractivity contribution in [2.45, 2.75) is 0 Å². The van der Waals surface area contributed by atoms with E-state index in [0.717, 1.165) is 4.47 Å². The van der Waals surface area contributed by atoms with Gasteiger partial charge in [0, 0.05) is 22.9 Å². The number of hydrogen-bond donors (Lipinski definition) is 3. The predicted octanol–water partition coefficient (Wildman–Crippen LogP) is 2.39. The monoisotopic (exact) mass is 336 g/mol. The summed E-state index contributed by atoms with van der Waals surface area (Å²) in [4.78, 5) is 16.2. The Morgan fingerprint density at radius 2 is 2.15 bits per heavy atom. The van der Waals surface area contributed by atoms with Crippen LogP contribution in [-0.2, 0) is 0 Å². The maximum absolute atomic E-state index is 12.2. The second kappa shape index (κ2) is 6.36. The summed E-state index contributed by atoms with van der Waals surface area (Å²) < 4.78 is 5.87. The number of pyridine rings is 1. The van der Waals surface area contributed by atoms with E-state index < -0.39 is 0 Å². The molecule has 20 heavy (non-hydrogen) atoms. The minimum absolute atomic E-state index is 0.319. The van der Waals surface area contributed by atoms with Gasteiger partial charge in [-0.2, -0.15) is 0 Å². The third-order valence-electron chi connectivity index (χ3n) is 2.64. The number of hydrazine groups is 1. The molecule has 4 N–H and O–H groups in total. The second-order valence-electron chi connectivity index (χ2n) is 3.87. The highest BCUT2D eigenvalue weighted by Crippen LogP contribution is 2.28. The van der Waals surface area contributed by atoms with Gasteiger partial charge < -0.3 is 15.5 Å². The molecule has 0 atom stereocenters. The van der Waals surface area contributed by atoms with Crippen molar-refractivity contribution < 1.29 is 9.53 Å². The van der Waals surface area contributed by atoms with E-state index in [2.05, 4.69) is 31.7 Å². The first kappa shape index (κ1) is 14.3. The van der Waals surface area contributed by atoms with E-state index in [4.69, 9.17) is 10.6 Å². The van der Waals surface area contributed by atoms with Crippen LogP contribution in [0, 0.1) is 0 Å². The number of carbonyl (C=O) groups excluding carboxylic acids is 1. The Hall–Kier alpha value is -2.12. The van der Waals surface area contributed by atoms with Crippen molar-refractivity contribution in [2.75, 3.05) is 17.9 Å². The normalized spacial score (nSPS) is 9.95. The number of nitrogens with zero attached hydrogens (tertiary/aromatic N) is 1. The Morgan fingerprint density at radius 1 is 1.35 bits per heavy atom. The quantitative estimate of drug-likeness (QED) is 0.589. The molecule has 0 saturated carbocycles. The van der Waals surface area contributed by atoms with Gasteiger partial charge in [-0.05, 0) is 34.1 Å². The maximum atomic E-state index is 12.2. The number of methoxy groups -OCH3 is 1. The van der Waals surface area contributed by atoms with Crippen molar-refractivity contribution in [3.05, 3.63) is 46.7 Å². The van der Waals surface area contributed by atoms with Crippen molar-refractivity contribution in [2.24, 2.45) is 5.84 Å². The average molecular weight is 337 g/mol. The fourth-order valence-electron chi connectivity index (χ4n) is 1.62. The first-order valence-electron chi connectivity index (χ1n) is 5.71. The molecule has 0 spiro atoms. The zero-order valence-electron chi connectivity index (χ0n) is 10.7. The smallest absolute Gasteiger partial charge is 0.259 e. The van der Waals surface area contributed by atoms with Crippen LogP contribution in [0.1, 0.15) is 10.4 Å². The van der Waals surface area contributed by atoms with E-state index in [0.29, 0.717) is 22.7 Å². The van der Waals surface area contributed by atoms with Gasteiger partial charge in [0.2, 0.25) is 0 Å². The molecule has 7 heteroatoms. The molecular weight excluding hydrogens is 324 g/mol. The van der Waals surface area contributed by atoms with Gasteiger partial charge in [0.25, 0.3) is 5.91 Å². The number of aromatic nitrogens is 1. The number of carbonyl (C=O) groups is 1. The van der Waals surface area contributed by atoms with Crippen molar-refractivity contribution in [3.8, 4) is 5.75 Å². The number of anilines is 2. The molecular formula is C13H13BrN4O2. The number of halogens is 1. The molecule has 104 valence electrons. The lowest BCUT2D eigenvalue weighted by molar-refractivity contribution is 0.102. The van der Waals surface area contributed by atoms with Crippen LogP contribution < -0.4 is 21.3 Å². The Kier molecular flexibility index (Phi) is 4.54. The number of nitrogens with two attached hydrogens (primary N) is 1. The molecule has 0 fully saturated rings. The highest BCUT2D eigenvalue weighted by atomic mass is 79.9. The van der Waals surface area contributed by atoms with E-state index in [1.54, 1.807) is 37.6 Å². The van der Waals surface area contributed by atoms with Gasteiger partial charge in [0.15, 0.2) is 0 Å². The van der Waals surface area contributed by atoms with E-state index >= 15 is 0 Å². The summed E-state index contributed by atoms with van der Waals surface area (Å²) in [5.74, 6) is 5.70. The number of rotatable bonds is 4. The molecule has 0 radical (unpaired) electrons. The standard InChI is InChI=1S/C13H13BrN4O2/c1-20-8-2-3-10(14)12(6-8)17-13(19)9-7-16-5-4-11(9)18-15/h2-7H,15H2,1H3,(H,16,18)(H,17,19). The zero-order chi connectivity index (χ0) is 14.5. The highest BCUT2D eigenvalue weighted by molar-refractivity contribution is 9.10. The molecule has 1 amide bonds. The van der Waals surface area contributed by atoms with Crippen molar-refractivity contribution in [3.63, 3.8) is 0 Å². The summed E-state index contributed by atoms with van der Waals surface area (Å²) in [5.41, 5.74) is 3.91. The molecule has 0 unspecified atom stereocenters.